The quantitative estimate of drug-likeness (QED) is 0.684. The van der Waals surface area contributed by atoms with E-state index >= 15 is 0 Å². The summed E-state index contributed by atoms with van der Waals surface area (Å²) in [5, 5.41) is 11.1. The van der Waals surface area contributed by atoms with Crippen LogP contribution in [0.1, 0.15) is 10.4 Å². The molecule has 0 aliphatic rings. The third kappa shape index (κ3) is 2.49. The van der Waals surface area contributed by atoms with Crippen LogP contribution in [0.4, 0.5) is 5.69 Å². The highest BCUT2D eigenvalue weighted by Crippen LogP contribution is 2.22. The van der Waals surface area contributed by atoms with E-state index in [1.165, 1.54) is 22.9 Å². The van der Waals surface area contributed by atoms with E-state index in [4.69, 9.17) is 11.6 Å². The molecule has 0 fully saturated rings. The molecule has 1 heterocycles. The molecule has 0 bridgehead atoms. The van der Waals surface area contributed by atoms with Gasteiger partial charge in [0, 0.05) is 23.5 Å². The fourth-order valence-electron chi connectivity index (χ4n) is 1.44. The second-order valence-electron chi connectivity index (χ2n) is 3.45. The molecule has 2 aromatic rings. The lowest BCUT2D eigenvalue weighted by Gasteiger charge is -2.06. The summed E-state index contributed by atoms with van der Waals surface area (Å²) in [6.07, 6.45) is 3.21. The average Bonchev–Trinajstić information content (AvgIpc) is 2.81. The van der Waals surface area contributed by atoms with Gasteiger partial charge in [0.25, 0.3) is 11.6 Å². The first-order valence-corrected chi connectivity index (χ1v) is 5.34. The first kappa shape index (κ1) is 12.1. The van der Waals surface area contributed by atoms with Gasteiger partial charge >= 0.3 is 0 Å². The lowest BCUT2D eigenvalue weighted by atomic mass is 10.2. The Balaban J connectivity index is 2.34. The summed E-state index contributed by atoms with van der Waals surface area (Å²) < 4.78 is 1.40. The maximum absolute atomic E-state index is 11.9. The van der Waals surface area contributed by atoms with E-state index in [2.05, 4.69) is 5.43 Å². The van der Waals surface area contributed by atoms with Crippen molar-refractivity contribution in [3.8, 4) is 0 Å². The van der Waals surface area contributed by atoms with Crippen LogP contribution in [-0.2, 0) is 0 Å². The molecule has 0 saturated heterocycles. The Hall–Kier alpha value is -2.34. The highest BCUT2D eigenvalue weighted by Gasteiger charge is 2.20. The summed E-state index contributed by atoms with van der Waals surface area (Å²) in [5.41, 5.74) is 2.11. The molecule has 0 saturated carbocycles. The Kier molecular flexibility index (Phi) is 3.29. The number of carbonyl (C=O) groups is 1. The summed E-state index contributed by atoms with van der Waals surface area (Å²) in [6, 6.07) is 7.26. The minimum Gasteiger partial charge on any atom is -0.268 e. The van der Waals surface area contributed by atoms with Gasteiger partial charge in [0.15, 0.2) is 0 Å². The van der Waals surface area contributed by atoms with Crippen LogP contribution < -0.4 is 5.43 Å². The first-order valence-electron chi connectivity index (χ1n) is 4.96. The predicted molar refractivity (Wildman–Crippen MR) is 66.2 cm³/mol. The summed E-state index contributed by atoms with van der Waals surface area (Å²) in [7, 11) is 0. The zero-order chi connectivity index (χ0) is 13.1. The number of nitro benzene ring substituents is 1. The van der Waals surface area contributed by atoms with Gasteiger partial charge in [-0.25, -0.2) is 0 Å². The van der Waals surface area contributed by atoms with Gasteiger partial charge in [0.1, 0.15) is 5.56 Å². The zero-order valence-corrected chi connectivity index (χ0v) is 9.79. The van der Waals surface area contributed by atoms with Crippen molar-refractivity contribution in [1.29, 1.82) is 0 Å². The first-order chi connectivity index (χ1) is 8.58. The van der Waals surface area contributed by atoms with E-state index in [1.807, 2.05) is 0 Å². The number of carbonyl (C=O) groups excluding carboxylic acids is 1. The molecule has 0 unspecified atom stereocenters. The molecular formula is C11H8ClN3O3. The second kappa shape index (κ2) is 4.89. The van der Waals surface area contributed by atoms with E-state index in [9.17, 15) is 14.9 Å². The number of nitrogens with zero attached hydrogens (tertiary/aromatic N) is 2. The Morgan fingerprint density at radius 3 is 2.61 bits per heavy atom. The van der Waals surface area contributed by atoms with Gasteiger partial charge < -0.3 is 0 Å². The normalized spacial score (nSPS) is 10.1. The number of halogens is 1. The van der Waals surface area contributed by atoms with Crippen LogP contribution in [0, 0.1) is 10.1 Å². The summed E-state index contributed by atoms with van der Waals surface area (Å²) >= 11 is 5.74. The van der Waals surface area contributed by atoms with Crippen LogP contribution in [0.2, 0.25) is 5.02 Å². The average molecular weight is 266 g/mol. The van der Waals surface area contributed by atoms with Gasteiger partial charge in [-0.2, -0.15) is 0 Å². The maximum atomic E-state index is 11.9. The summed E-state index contributed by atoms with van der Waals surface area (Å²) in [5.74, 6) is -0.597. The van der Waals surface area contributed by atoms with Gasteiger partial charge in [-0.3, -0.25) is 25.0 Å². The molecule has 0 aliphatic heterocycles. The largest absolute Gasteiger partial charge is 0.282 e. The van der Waals surface area contributed by atoms with Crippen molar-refractivity contribution in [2.45, 2.75) is 0 Å². The van der Waals surface area contributed by atoms with Crippen molar-refractivity contribution in [2.24, 2.45) is 0 Å². The number of aromatic nitrogens is 1. The van der Waals surface area contributed by atoms with Crippen LogP contribution in [0.25, 0.3) is 0 Å². The Morgan fingerprint density at radius 1 is 1.33 bits per heavy atom. The third-order valence-electron chi connectivity index (χ3n) is 2.24. The van der Waals surface area contributed by atoms with Gasteiger partial charge in [-0.1, -0.05) is 11.6 Å². The fourth-order valence-corrected chi connectivity index (χ4v) is 1.61. The monoisotopic (exact) mass is 265 g/mol. The van der Waals surface area contributed by atoms with E-state index in [1.54, 1.807) is 24.5 Å². The lowest BCUT2D eigenvalue weighted by molar-refractivity contribution is -0.385. The molecule has 2 rings (SSSR count). The summed E-state index contributed by atoms with van der Waals surface area (Å²) in [4.78, 5) is 22.1. The van der Waals surface area contributed by atoms with E-state index in [0.29, 0.717) is 0 Å². The minimum atomic E-state index is -0.624. The maximum Gasteiger partial charge on any atom is 0.282 e. The number of rotatable bonds is 3. The Bertz CT molecular complexity index is 596. The van der Waals surface area contributed by atoms with Gasteiger partial charge in [-0.15, -0.1) is 0 Å². The van der Waals surface area contributed by atoms with Gasteiger partial charge in [0.2, 0.25) is 0 Å². The SMILES string of the molecule is O=C(Nn1cccc1)c1cc(Cl)ccc1[N+](=O)[O-]. The molecule has 92 valence electrons. The van der Waals surface area contributed by atoms with E-state index in [0.717, 1.165) is 0 Å². The van der Waals surface area contributed by atoms with Crippen molar-refractivity contribution < 1.29 is 9.72 Å². The zero-order valence-electron chi connectivity index (χ0n) is 9.04. The Labute approximate surface area is 107 Å². The van der Waals surface area contributed by atoms with Crippen molar-refractivity contribution in [2.75, 3.05) is 5.43 Å². The topological polar surface area (TPSA) is 77.2 Å². The standard InChI is InChI=1S/C11H8ClN3O3/c12-8-3-4-10(15(17)18)9(7-8)11(16)13-14-5-1-2-6-14/h1-7H,(H,13,16). The summed E-state index contributed by atoms with van der Waals surface area (Å²) in [6.45, 7) is 0. The molecule has 18 heavy (non-hydrogen) atoms. The molecule has 0 aliphatic carbocycles. The number of nitro groups is 1. The third-order valence-corrected chi connectivity index (χ3v) is 2.47. The highest BCUT2D eigenvalue weighted by atomic mass is 35.5. The van der Waals surface area contributed by atoms with Gasteiger partial charge in [-0.05, 0) is 24.3 Å². The van der Waals surface area contributed by atoms with Crippen molar-refractivity contribution in [1.82, 2.24) is 4.68 Å². The van der Waals surface area contributed by atoms with E-state index in [-0.39, 0.29) is 16.3 Å². The molecular weight excluding hydrogens is 258 g/mol. The molecule has 1 aromatic heterocycles. The molecule has 7 heteroatoms. The smallest absolute Gasteiger partial charge is 0.268 e. The number of amides is 1. The van der Waals surface area contributed by atoms with Crippen LogP contribution in [0.3, 0.4) is 0 Å². The number of hydrogen-bond acceptors (Lipinski definition) is 3. The molecule has 0 radical (unpaired) electrons. The van der Waals surface area contributed by atoms with Crippen molar-refractivity contribution in [3.05, 3.63) is 63.4 Å². The second-order valence-corrected chi connectivity index (χ2v) is 3.89. The molecule has 1 aromatic carbocycles. The van der Waals surface area contributed by atoms with Crippen LogP contribution in [-0.4, -0.2) is 15.5 Å². The number of nitrogens with one attached hydrogen (secondary N) is 1. The molecule has 1 N–H and O–H groups in total. The molecule has 0 atom stereocenters. The fraction of sp³-hybridized carbons (Fsp3) is 0. The minimum absolute atomic E-state index is 0.0822. The number of benzene rings is 1. The number of hydrogen-bond donors (Lipinski definition) is 1. The van der Waals surface area contributed by atoms with Gasteiger partial charge in [0.05, 0.1) is 4.92 Å². The lowest BCUT2D eigenvalue weighted by Crippen LogP contribution is -2.22. The highest BCUT2D eigenvalue weighted by molar-refractivity contribution is 6.31. The molecule has 1 amide bonds. The van der Waals surface area contributed by atoms with Crippen LogP contribution in [0.5, 0.6) is 0 Å². The predicted octanol–water partition coefficient (Wildman–Crippen LogP) is 2.43. The van der Waals surface area contributed by atoms with Crippen LogP contribution in [0.15, 0.2) is 42.7 Å². The van der Waals surface area contributed by atoms with E-state index < -0.39 is 10.8 Å². The Morgan fingerprint density at radius 2 is 2.00 bits per heavy atom. The van der Waals surface area contributed by atoms with Crippen molar-refractivity contribution in [3.63, 3.8) is 0 Å². The molecule has 0 spiro atoms. The van der Waals surface area contributed by atoms with Crippen molar-refractivity contribution >= 4 is 23.2 Å². The molecule has 6 nitrogen and oxygen atoms in total. The van der Waals surface area contributed by atoms with Crippen LogP contribution >= 0.6 is 11.6 Å².